The minimum absolute atomic E-state index is 0.230. The van der Waals surface area contributed by atoms with E-state index in [1.165, 1.54) is 19.3 Å². The Morgan fingerprint density at radius 2 is 1.64 bits per heavy atom. The maximum absolute atomic E-state index is 13.9. The second-order valence-electron chi connectivity index (χ2n) is 5.59. The number of rotatable bonds is 4. The fourth-order valence-electron chi connectivity index (χ4n) is 2.20. The van der Waals surface area contributed by atoms with Crippen molar-refractivity contribution in [2.75, 3.05) is 0 Å². The fourth-order valence-corrected chi connectivity index (χ4v) is 3.23. The molecule has 0 radical (unpaired) electrons. The number of aryl methyl sites for hydroxylation is 1. The Morgan fingerprint density at radius 1 is 0.929 bits per heavy atom. The summed E-state index contributed by atoms with van der Waals surface area (Å²) in [5.74, 6) is -13.9. The van der Waals surface area contributed by atoms with Crippen molar-refractivity contribution in [1.29, 1.82) is 0 Å². The number of hydrogen-bond acceptors (Lipinski definition) is 5. The topological polar surface area (TPSA) is 51.6 Å². The first-order valence-corrected chi connectivity index (χ1v) is 8.31. The molecule has 0 bridgehead atoms. The van der Waals surface area contributed by atoms with E-state index in [-0.39, 0.29) is 10.6 Å². The minimum atomic E-state index is -6.47. The van der Waals surface area contributed by atoms with Crippen LogP contribution in [0, 0.1) is 6.92 Å². The van der Waals surface area contributed by atoms with Crippen LogP contribution < -0.4 is 0 Å². The maximum atomic E-state index is 13.9. The van der Waals surface area contributed by atoms with Crippen molar-refractivity contribution in [3.8, 4) is 21.1 Å². The van der Waals surface area contributed by atoms with Gasteiger partial charge in [-0.1, -0.05) is 0 Å². The van der Waals surface area contributed by atoms with E-state index in [2.05, 4.69) is 19.9 Å². The van der Waals surface area contributed by atoms with E-state index in [0.29, 0.717) is 22.5 Å². The molecule has 0 N–H and O–H groups in total. The molecule has 0 spiro atoms. The summed E-state index contributed by atoms with van der Waals surface area (Å²) < 4.78 is 91.5. The molecule has 3 rings (SSSR count). The summed E-state index contributed by atoms with van der Waals surface area (Å²) in [6.45, 7) is 1.52. The second-order valence-corrected chi connectivity index (χ2v) is 6.59. The molecule has 3 heterocycles. The lowest BCUT2D eigenvalue weighted by atomic mass is 10.1. The SMILES string of the molecule is Cc1nc(-c2cccnc2)sc1-c1ccnc(C(F)(F)C(F)(F)C(F)(F)F)n1. The molecule has 0 saturated heterocycles. The van der Waals surface area contributed by atoms with E-state index in [0.717, 1.165) is 17.4 Å². The zero-order chi connectivity index (χ0) is 20.7. The number of aromatic nitrogens is 4. The fraction of sp³-hybridized carbons (Fsp3) is 0.250. The molecule has 0 aliphatic rings. The molecule has 0 fully saturated rings. The highest BCUT2D eigenvalue weighted by Crippen LogP contribution is 2.51. The van der Waals surface area contributed by atoms with E-state index in [1.54, 1.807) is 12.1 Å². The molecule has 0 amide bonds. The Kier molecular flexibility index (Phi) is 4.86. The molecular weight excluding hydrogens is 413 g/mol. The van der Waals surface area contributed by atoms with Gasteiger partial charge in [0.15, 0.2) is 0 Å². The number of alkyl halides is 7. The van der Waals surface area contributed by atoms with Gasteiger partial charge in [-0.3, -0.25) is 4.98 Å². The number of nitrogens with zero attached hydrogens (tertiary/aromatic N) is 4. The van der Waals surface area contributed by atoms with Crippen molar-refractivity contribution in [1.82, 2.24) is 19.9 Å². The number of hydrogen-bond donors (Lipinski definition) is 0. The van der Waals surface area contributed by atoms with Crippen LogP contribution >= 0.6 is 11.3 Å². The summed E-state index contributed by atoms with van der Waals surface area (Å²) in [5, 5.41) is 0.452. The Balaban J connectivity index is 2.05. The zero-order valence-electron chi connectivity index (χ0n) is 13.8. The van der Waals surface area contributed by atoms with Gasteiger partial charge in [0.2, 0.25) is 5.82 Å². The zero-order valence-corrected chi connectivity index (χ0v) is 14.6. The van der Waals surface area contributed by atoms with Crippen molar-refractivity contribution in [2.24, 2.45) is 0 Å². The average molecular weight is 422 g/mol. The molecule has 3 aromatic rings. The first-order valence-electron chi connectivity index (χ1n) is 7.49. The molecule has 0 atom stereocenters. The second kappa shape index (κ2) is 6.76. The first-order chi connectivity index (χ1) is 12.9. The van der Waals surface area contributed by atoms with Gasteiger partial charge in [-0.05, 0) is 25.1 Å². The molecule has 3 aromatic heterocycles. The van der Waals surface area contributed by atoms with Gasteiger partial charge in [0.25, 0.3) is 0 Å². The van der Waals surface area contributed by atoms with Gasteiger partial charge in [0.05, 0.1) is 16.3 Å². The highest BCUT2D eigenvalue weighted by atomic mass is 32.1. The third-order valence-electron chi connectivity index (χ3n) is 3.62. The van der Waals surface area contributed by atoms with Crippen molar-refractivity contribution in [2.45, 2.75) is 24.9 Å². The van der Waals surface area contributed by atoms with Gasteiger partial charge in [-0.15, -0.1) is 11.3 Å². The molecule has 4 nitrogen and oxygen atoms in total. The van der Waals surface area contributed by atoms with E-state index in [1.807, 2.05) is 0 Å². The van der Waals surface area contributed by atoms with Crippen LogP contribution in [0.3, 0.4) is 0 Å². The molecule has 0 unspecified atom stereocenters. The predicted molar refractivity (Wildman–Crippen MR) is 86.0 cm³/mol. The third kappa shape index (κ3) is 3.32. The van der Waals surface area contributed by atoms with E-state index in [9.17, 15) is 30.7 Å². The lowest BCUT2D eigenvalue weighted by molar-refractivity contribution is -0.361. The molecule has 0 aromatic carbocycles. The minimum Gasteiger partial charge on any atom is -0.264 e. The summed E-state index contributed by atoms with van der Waals surface area (Å²) in [7, 11) is 0. The standard InChI is InChI=1S/C16H9F7N4S/c1-8-11(28-12(26-8)9-3-2-5-24-7-9)10-4-6-25-13(27-10)14(17,18)15(19,20)16(21,22)23/h2-7H,1H3. The Labute approximate surface area is 157 Å². The third-order valence-corrected chi connectivity index (χ3v) is 4.85. The molecule has 28 heavy (non-hydrogen) atoms. The van der Waals surface area contributed by atoms with Crippen molar-refractivity contribution < 1.29 is 30.7 Å². The number of thiazole rings is 1. The normalized spacial score (nSPS) is 13.0. The summed E-state index contributed by atoms with van der Waals surface area (Å²) in [4.78, 5) is 14.6. The predicted octanol–water partition coefficient (Wildman–Crippen LogP) is 5.26. The maximum Gasteiger partial charge on any atom is 0.460 e. The van der Waals surface area contributed by atoms with E-state index < -0.39 is 23.8 Å². The summed E-state index contributed by atoms with van der Waals surface area (Å²) in [6.07, 6.45) is -2.74. The van der Waals surface area contributed by atoms with Crippen LogP contribution in [0.15, 0.2) is 36.8 Å². The van der Waals surface area contributed by atoms with Crippen molar-refractivity contribution in [3.63, 3.8) is 0 Å². The van der Waals surface area contributed by atoms with Crippen molar-refractivity contribution >= 4 is 11.3 Å². The molecule has 148 valence electrons. The average Bonchev–Trinajstić information content (AvgIpc) is 3.03. The highest BCUT2D eigenvalue weighted by Gasteiger charge is 2.75. The van der Waals surface area contributed by atoms with Crippen LogP contribution in [0.25, 0.3) is 21.1 Å². The van der Waals surface area contributed by atoms with Gasteiger partial charge in [-0.25, -0.2) is 15.0 Å². The van der Waals surface area contributed by atoms with Gasteiger partial charge < -0.3 is 0 Å². The largest absolute Gasteiger partial charge is 0.460 e. The Hall–Kier alpha value is -2.63. The monoisotopic (exact) mass is 422 g/mol. The Morgan fingerprint density at radius 3 is 2.25 bits per heavy atom. The van der Waals surface area contributed by atoms with Crippen LogP contribution in [0.5, 0.6) is 0 Å². The molecule has 12 heteroatoms. The van der Waals surface area contributed by atoms with E-state index in [4.69, 9.17) is 0 Å². The highest BCUT2D eigenvalue weighted by molar-refractivity contribution is 7.18. The summed E-state index contributed by atoms with van der Waals surface area (Å²) >= 11 is 1.00. The molecule has 0 saturated carbocycles. The van der Waals surface area contributed by atoms with Crippen LogP contribution in [0.4, 0.5) is 30.7 Å². The van der Waals surface area contributed by atoms with Gasteiger partial charge in [0, 0.05) is 24.2 Å². The van der Waals surface area contributed by atoms with Crippen LogP contribution in [-0.2, 0) is 5.92 Å². The lowest BCUT2D eigenvalue weighted by Crippen LogP contribution is -2.50. The van der Waals surface area contributed by atoms with Crippen molar-refractivity contribution in [3.05, 3.63) is 48.3 Å². The molecule has 0 aliphatic carbocycles. The van der Waals surface area contributed by atoms with Gasteiger partial charge in [-0.2, -0.15) is 30.7 Å². The summed E-state index contributed by atoms with van der Waals surface area (Å²) in [5.41, 5.74) is 0.706. The van der Waals surface area contributed by atoms with Crippen LogP contribution in [0.1, 0.15) is 11.5 Å². The lowest BCUT2D eigenvalue weighted by Gasteiger charge is -2.26. The van der Waals surface area contributed by atoms with Crippen LogP contribution in [0.2, 0.25) is 0 Å². The van der Waals surface area contributed by atoms with Crippen LogP contribution in [-0.4, -0.2) is 32.0 Å². The first kappa shape index (κ1) is 20.1. The van der Waals surface area contributed by atoms with E-state index >= 15 is 0 Å². The van der Waals surface area contributed by atoms with Gasteiger partial charge >= 0.3 is 18.0 Å². The number of halogens is 7. The summed E-state index contributed by atoms with van der Waals surface area (Å²) in [6, 6.07) is 4.46. The molecule has 0 aliphatic heterocycles. The molecular formula is C16H9F7N4S. The quantitative estimate of drug-likeness (QED) is 0.539. The smallest absolute Gasteiger partial charge is 0.264 e. The van der Waals surface area contributed by atoms with Gasteiger partial charge in [0.1, 0.15) is 5.01 Å². The number of pyridine rings is 1. The Bertz CT molecular complexity index is 986.